The number of nitrogens with zero attached hydrogens (tertiary/aromatic N) is 1. The van der Waals surface area contributed by atoms with Crippen molar-refractivity contribution >= 4 is 35.5 Å². The van der Waals surface area contributed by atoms with Gasteiger partial charge in [0.2, 0.25) is 29.5 Å². The van der Waals surface area contributed by atoms with Crippen LogP contribution in [0.3, 0.4) is 0 Å². The Kier molecular flexibility index (Phi) is 18.9. The molecule has 292 valence electrons. The second-order valence-corrected chi connectivity index (χ2v) is 15.4. The number of carbonyl (C=O) groups is 6. The van der Waals surface area contributed by atoms with E-state index >= 15 is 0 Å². The first-order valence-electron chi connectivity index (χ1n) is 19.1. The Bertz CT molecular complexity index is 1160. The number of hydrogen-bond donors (Lipinski definition) is 6. The number of amides is 5. The molecule has 0 aromatic heterocycles. The first-order chi connectivity index (χ1) is 24.1. The fraction of sp³-hybridized carbons (Fsp3) is 0.838. The number of esters is 1. The molecule has 1 aliphatic carbocycles. The van der Waals surface area contributed by atoms with Crippen molar-refractivity contribution < 1.29 is 38.6 Å². The number of rotatable bonds is 12. The van der Waals surface area contributed by atoms with Gasteiger partial charge in [-0.3, -0.25) is 28.8 Å². The number of hydrogen-bond acceptors (Lipinski definition) is 9. The van der Waals surface area contributed by atoms with Crippen molar-refractivity contribution in [2.75, 3.05) is 20.1 Å². The lowest BCUT2D eigenvalue weighted by Gasteiger charge is -2.36. The third-order valence-corrected chi connectivity index (χ3v) is 10.1. The number of aliphatic hydroxyl groups is 1. The summed E-state index contributed by atoms with van der Waals surface area (Å²) >= 11 is 0. The molecule has 5 amide bonds. The molecule has 2 fully saturated rings. The summed E-state index contributed by atoms with van der Waals surface area (Å²) in [6, 6.07) is -4.69. The van der Waals surface area contributed by atoms with Gasteiger partial charge in [-0.1, -0.05) is 79.6 Å². The number of cyclic esters (lactones) is 1. The number of carbonyl (C=O) groups excluding carboxylic acids is 6. The van der Waals surface area contributed by atoms with Gasteiger partial charge in [0.25, 0.3) is 0 Å². The third-order valence-electron chi connectivity index (χ3n) is 10.1. The summed E-state index contributed by atoms with van der Waals surface area (Å²) in [6.45, 7) is 10.3. The number of nitrogens with one attached hydrogen (secondary N) is 4. The standard InChI is InChI=1S/C37H66N6O8/c1-22(2)15-11-8-9-14-18-29-24(5)37(50)43(7)28(19-23(3)4)34(47)42-32(26-16-12-10-13-17-26)36(49)40-27(20-38)33(46)41-31(25(6)44)35(48)39-21-30(45)51-29/h22-29,31-32,44H,8-21,38H2,1-7H3,(H,39,48)(H,40,49)(H,41,46)(H,42,47)/t24-,25?,27+,28+,29-,31+,32+/m1/s1. The molecule has 7 atom stereocenters. The number of ether oxygens (including phenoxy) is 1. The molecule has 1 saturated heterocycles. The first kappa shape index (κ1) is 43.9. The quantitative estimate of drug-likeness (QED) is 0.128. The second-order valence-electron chi connectivity index (χ2n) is 15.4. The van der Waals surface area contributed by atoms with E-state index in [-0.39, 0.29) is 24.3 Å². The molecule has 1 saturated carbocycles. The van der Waals surface area contributed by atoms with E-state index in [0.717, 1.165) is 44.9 Å². The highest BCUT2D eigenvalue weighted by atomic mass is 16.5. The molecule has 14 heteroatoms. The Hall–Kier alpha value is -3.26. The highest BCUT2D eigenvalue weighted by Crippen LogP contribution is 2.28. The zero-order valence-corrected chi connectivity index (χ0v) is 32.0. The average molecular weight is 723 g/mol. The molecule has 0 aromatic carbocycles. The Morgan fingerprint density at radius 1 is 0.824 bits per heavy atom. The molecule has 0 bridgehead atoms. The first-order valence-corrected chi connectivity index (χ1v) is 19.1. The van der Waals surface area contributed by atoms with Crippen molar-refractivity contribution in [3.05, 3.63) is 0 Å². The molecule has 2 rings (SSSR count). The van der Waals surface area contributed by atoms with Crippen LogP contribution in [-0.4, -0.2) is 102 Å². The summed E-state index contributed by atoms with van der Waals surface area (Å²) in [5, 5.41) is 20.8. The van der Waals surface area contributed by atoms with Crippen LogP contribution in [0, 0.1) is 23.7 Å². The van der Waals surface area contributed by atoms with Crippen LogP contribution in [0.2, 0.25) is 0 Å². The number of nitrogens with two attached hydrogens (primary N) is 1. The van der Waals surface area contributed by atoms with Crippen LogP contribution < -0.4 is 27.0 Å². The molecule has 51 heavy (non-hydrogen) atoms. The highest BCUT2D eigenvalue weighted by Gasteiger charge is 2.39. The van der Waals surface area contributed by atoms with E-state index in [1.54, 1.807) is 14.0 Å². The number of unbranched alkanes of at least 4 members (excludes halogenated alkanes) is 3. The molecular formula is C37H66N6O8. The maximum Gasteiger partial charge on any atom is 0.325 e. The fourth-order valence-corrected chi connectivity index (χ4v) is 6.93. The topological polar surface area (TPSA) is 209 Å². The smallest absolute Gasteiger partial charge is 0.325 e. The van der Waals surface area contributed by atoms with Crippen molar-refractivity contribution in [2.24, 2.45) is 29.4 Å². The Balaban J connectivity index is 2.51. The molecule has 0 aromatic rings. The SMILES string of the molecule is CC(C)CCCCCC[C@H]1OC(=O)CNC(=O)[C@H](C(C)O)NC(=O)[C@H](CN)NC(=O)[C@H](C2CCCCC2)NC(=O)[C@H](CC(C)C)N(C)C(=O)[C@@H]1C. The maximum atomic E-state index is 14.1. The molecule has 0 spiro atoms. The summed E-state index contributed by atoms with van der Waals surface area (Å²) in [5.74, 6) is -4.33. The normalized spacial score (nSPS) is 27.9. The molecule has 2 aliphatic rings. The molecule has 1 aliphatic heterocycles. The van der Waals surface area contributed by atoms with E-state index in [1.165, 1.54) is 11.8 Å². The summed E-state index contributed by atoms with van der Waals surface area (Å²) < 4.78 is 5.82. The van der Waals surface area contributed by atoms with E-state index in [1.807, 2.05) is 13.8 Å². The van der Waals surface area contributed by atoms with Crippen molar-refractivity contribution in [2.45, 2.75) is 155 Å². The van der Waals surface area contributed by atoms with Crippen LogP contribution in [0.25, 0.3) is 0 Å². The van der Waals surface area contributed by atoms with Crippen LogP contribution in [-0.2, 0) is 33.5 Å². The van der Waals surface area contributed by atoms with Gasteiger partial charge < -0.3 is 41.7 Å². The average Bonchev–Trinajstić information content (AvgIpc) is 3.08. The van der Waals surface area contributed by atoms with Crippen LogP contribution in [0.4, 0.5) is 0 Å². The van der Waals surface area contributed by atoms with Crippen LogP contribution >= 0.6 is 0 Å². The van der Waals surface area contributed by atoms with Gasteiger partial charge in [0, 0.05) is 13.6 Å². The van der Waals surface area contributed by atoms with Crippen molar-refractivity contribution in [1.29, 1.82) is 0 Å². The van der Waals surface area contributed by atoms with Gasteiger partial charge in [-0.25, -0.2) is 0 Å². The summed E-state index contributed by atoms with van der Waals surface area (Å²) in [4.78, 5) is 83.0. The Labute approximate surface area is 304 Å². The monoisotopic (exact) mass is 722 g/mol. The van der Waals surface area contributed by atoms with E-state index in [2.05, 4.69) is 35.1 Å². The largest absolute Gasteiger partial charge is 0.460 e. The fourth-order valence-electron chi connectivity index (χ4n) is 6.93. The van der Waals surface area contributed by atoms with Crippen LogP contribution in [0.1, 0.15) is 119 Å². The molecule has 14 nitrogen and oxygen atoms in total. The third kappa shape index (κ3) is 14.4. The van der Waals surface area contributed by atoms with Gasteiger partial charge in [-0.05, 0) is 56.8 Å². The number of aliphatic hydroxyl groups excluding tert-OH is 1. The maximum absolute atomic E-state index is 14.1. The van der Waals surface area contributed by atoms with Crippen LogP contribution in [0.5, 0.6) is 0 Å². The summed E-state index contributed by atoms with van der Waals surface area (Å²) in [6.07, 6.45) is 7.43. The lowest BCUT2D eigenvalue weighted by molar-refractivity contribution is -0.157. The molecule has 1 unspecified atom stereocenters. The predicted molar refractivity (Wildman–Crippen MR) is 194 cm³/mol. The van der Waals surface area contributed by atoms with Gasteiger partial charge >= 0.3 is 5.97 Å². The predicted octanol–water partition coefficient (Wildman–Crippen LogP) is 1.91. The highest BCUT2D eigenvalue weighted by molar-refractivity contribution is 5.96. The Morgan fingerprint density at radius 2 is 1.47 bits per heavy atom. The van der Waals surface area contributed by atoms with E-state index in [9.17, 15) is 33.9 Å². The van der Waals surface area contributed by atoms with Gasteiger partial charge in [0.05, 0.1) is 12.0 Å². The molecule has 1 heterocycles. The second kappa shape index (κ2) is 22.0. The summed E-state index contributed by atoms with van der Waals surface area (Å²) in [5.41, 5.74) is 5.89. The van der Waals surface area contributed by atoms with Crippen molar-refractivity contribution in [1.82, 2.24) is 26.2 Å². The zero-order valence-electron chi connectivity index (χ0n) is 32.0. The van der Waals surface area contributed by atoms with Crippen molar-refractivity contribution in [3.8, 4) is 0 Å². The minimum Gasteiger partial charge on any atom is -0.460 e. The molecule has 7 N–H and O–H groups in total. The van der Waals surface area contributed by atoms with E-state index in [4.69, 9.17) is 10.5 Å². The van der Waals surface area contributed by atoms with E-state index < -0.39 is 78.4 Å². The van der Waals surface area contributed by atoms with Gasteiger partial charge in [0.15, 0.2) is 0 Å². The van der Waals surface area contributed by atoms with Gasteiger partial charge in [0.1, 0.15) is 36.8 Å². The lowest BCUT2D eigenvalue weighted by atomic mass is 9.83. The van der Waals surface area contributed by atoms with Gasteiger partial charge in [-0.2, -0.15) is 0 Å². The Morgan fingerprint density at radius 3 is 2.06 bits per heavy atom. The molecule has 0 radical (unpaired) electrons. The summed E-state index contributed by atoms with van der Waals surface area (Å²) in [7, 11) is 1.56. The minimum absolute atomic E-state index is 0.0186. The zero-order chi connectivity index (χ0) is 38.2. The van der Waals surface area contributed by atoms with Gasteiger partial charge in [-0.15, -0.1) is 0 Å². The van der Waals surface area contributed by atoms with Crippen molar-refractivity contribution in [3.63, 3.8) is 0 Å². The van der Waals surface area contributed by atoms with E-state index in [0.29, 0.717) is 38.0 Å². The van der Waals surface area contributed by atoms with Crippen LogP contribution in [0.15, 0.2) is 0 Å². The number of likely N-dealkylation sites (N-methyl/N-ethyl adjacent to an activating group) is 1. The molecular weight excluding hydrogens is 656 g/mol. The lowest BCUT2D eigenvalue weighted by Crippen LogP contribution is -2.62. The minimum atomic E-state index is -1.47.